The number of nitro benzene ring substituents is 1. The Labute approximate surface area is 117 Å². The van der Waals surface area contributed by atoms with Gasteiger partial charge in [-0.1, -0.05) is 23.8 Å². The van der Waals surface area contributed by atoms with Crippen LogP contribution in [-0.2, 0) is 0 Å². The predicted octanol–water partition coefficient (Wildman–Crippen LogP) is 3.78. The predicted molar refractivity (Wildman–Crippen MR) is 78.0 cm³/mol. The summed E-state index contributed by atoms with van der Waals surface area (Å²) in [5.41, 5.74) is 2.49. The largest absolute Gasteiger partial charge is 0.508 e. The molecule has 5 heteroatoms. The Balaban J connectivity index is 2.23. The second-order valence-corrected chi connectivity index (χ2v) is 4.74. The molecule has 0 aromatic heterocycles. The Morgan fingerprint density at radius 2 is 2.00 bits per heavy atom. The van der Waals surface area contributed by atoms with Crippen LogP contribution in [0.2, 0.25) is 0 Å². The van der Waals surface area contributed by atoms with Crippen molar-refractivity contribution in [3.8, 4) is 5.75 Å². The fourth-order valence-electron chi connectivity index (χ4n) is 2.06. The molecular weight excluding hydrogens is 256 g/mol. The molecule has 2 N–H and O–H groups in total. The zero-order valence-corrected chi connectivity index (χ0v) is 11.3. The molecule has 0 fully saturated rings. The van der Waals surface area contributed by atoms with Crippen LogP contribution in [-0.4, -0.2) is 10.0 Å². The first-order valence-corrected chi connectivity index (χ1v) is 6.28. The Morgan fingerprint density at radius 1 is 1.25 bits per heavy atom. The van der Waals surface area contributed by atoms with Crippen molar-refractivity contribution in [3.05, 3.63) is 63.7 Å². The lowest BCUT2D eigenvalue weighted by molar-refractivity contribution is -0.384. The standard InChI is InChI=1S/C15H16N2O3/c1-10-6-7-15(18)14(8-10)11(2)16-12-4-3-5-13(9-12)17(19)20/h3-9,11,16,18H,1-2H3. The van der Waals surface area contributed by atoms with Gasteiger partial charge in [0, 0.05) is 23.4 Å². The van der Waals surface area contributed by atoms with Crippen molar-refractivity contribution in [1.29, 1.82) is 0 Å². The van der Waals surface area contributed by atoms with Crippen molar-refractivity contribution < 1.29 is 10.0 Å². The fraction of sp³-hybridized carbons (Fsp3) is 0.200. The number of phenols is 1. The van der Waals surface area contributed by atoms with E-state index in [9.17, 15) is 15.2 Å². The number of rotatable bonds is 4. The maximum Gasteiger partial charge on any atom is 0.271 e. The smallest absolute Gasteiger partial charge is 0.271 e. The van der Waals surface area contributed by atoms with Gasteiger partial charge in [0.2, 0.25) is 0 Å². The van der Waals surface area contributed by atoms with E-state index in [-0.39, 0.29) is 17.5 Å². The van der Waals surface area contributed by atoms with Gasteiger partial charge in [-0.3, -0.25) is 10.1 Å². The average molecular weight is 272 g/mol. The van der Waals surface area contributed by atoms with E-state index in [1.807, 2.05) is 26.0 Å². The summed E-state index contributed by atoms with van der Waals surface area (Å²) in [7, 11) is 0. The molecule has 0 radical (unpaired) electrons. The van der Waals surface area contributed by atoms with Crippen LogP contribution in [0.3, 0.4) is 0 Å². The lowest BCUT2D eigenvalue weighted by atomic mass is 10.0. The van der Waals surface area contributed by atoms with E-state index in [2.05, 4.69) is 5.32 Å². The topological polar surface area (TPSA) is 75.4 Å². The van der Waals surface area contributed by atoms with Gasteiger partial charge in [0.15, 0.2) is 0 Å². The van der Waals surface area contributed by atoms with E-state index in [0.717, 1.165) is 11.1 Å². The molecule has 0 aliphatic heterocycles. The number of benzene rings is 2. The minimum absolute atomic E-state index is 0.0377. The first-order valence-electron chi connectivity index (χ1n) is 6.28. The van der Waals surface area contributed by atoms with Gasteiger partial charge in [-0.05, 0) is 26.0 Å². The van der Waals surface area contributed by atoms with Crippen molar-refractivity contribution in [2.75, 3.05) is 5.32 Å². The summed E-state index contributed by atoms with van der Waals surface area (Å²) in [5.74, 6) is 0.209. The number of hydrogen-bond donors (Lipinski definition) is 2. The maximum absolute atomic E-state index is 10.7. The number of nitro groups is 1. The molecular formula is C15H16N2O3. The second kappa shape index (κ2) is 5.61. The van der Waals surface area contributed by atoms with E-state index < -0.39 is 4.92 Å². The number of hydrogen-bond acceptors (Lipinski definition) is 4. The maximum atomic E-state index is 10.7. The summed E-state index contributed by atoms with van der Waals surface area (Å²) >= 11 is 0. The molecule has 2 aromatic rings. The van der Waals surface area contributed by atoms with Gasteiger partial charge in [0.05, 0.1) is 11.0 Å². The Morgan fingerprint density at radius 3 is 2.70 bits per heavy atom. The van der Waals surface area contributed by atoms with Crippen molar-refractivity contribution in [2.24, 2.45) is 0 Å². The normalized spacial score (nSPS) is 11.9. The summed E-state index contributed by atoms with van der Waals surface area (Å²) in [5, 5.41) is 23.8. The van der Waals surface area contributed by atoms with Crippen LogP contribution < -0.4 is 5.32 Å². The first kappa shape index (κ1) is 13.9. The summed E-state index contributed by atoms with van der Waals surface area (Å²) in [6, 6.07) is 11.5. The minimum Gasteiger partial charge on any atom is -0.508 e. The summed E-state index contributed by atoms with van der Waals surface area (Å²) < 4.78 is 0. The highest BCUT2D eigenvalue weighted by molar-refractivity contribution is 5.53. The van der Waals surface area contributed by atoms with Crippen LogP contribution in [0.15, 0.2) is 42.5 Å². The Kier molecular flexibility index (Phi) is 3.89. The third kappa shape index (κ3) is 3.06. The van der Waals surface area contributed by atoms with E-state index in [1.165, 1.54) is 12.1 Å². The minimum atomic E-state index is -0.431. The molecule has 0 aliphatic carbocycles. The van der Waals surface area contributed by atoms with Crippen LogP contribution in [0.25, 0.3) is 0 Å². The molecule has 1 unspecified atom stereocenters. The van der Waals surface area contributed by atoms with Crippen LogP contribution in [0.4, 0.5) is 11.4 Å². The van der Waals surface area contributed by atoms with Crippen LogP contribution >= 0.6 is 0 Å². The van der Waals surface area contributed by atoms with Crippen molar-refractivity contribution in [2.45, 2.75) is 19.9 Å². The van der Waals surface area contributed by atoms with Crippen molar-refractivity contribution in [3.63, 3.8) is 0 Å². The van der Waals surface area contributed by atoms with Crippen molar-refractivity contribution >= 4 is 11.4 Å². The number of anilines is 1. The number of phenolic OH excluding ortho intramolecular Hbond substituents is 1. The number of aryl methyl sites for hydroxylation is 1. The van der Waals surface area contributed by atoms with Gasteiger partial charge >= 0.3 is 0 Å². The zero-order valence-electron chi connectivity index (χ0n) is 11.3. The van der Waals surface area contributed by atoms with E-state index >= 15 is 0 Å². The molecule has 20 heavy (non-hydrogen) atoms. The number of nitrogens with zero attached hydrogens (tertiary/aromatic N) is 1. The molecule has 1 atom stereocenters. The van der Waals surface area contributed by atoms with Crippen LogP contribution in [0.1, 0.15) is 24.1 Å². The van der Waals surface area contributed by atoms with Gasteiger partial charge in [0.25, 0.3) is 5.69 Å². The highest BCUT2D eigenvalue weighted by atomic mass is 16.6. The molecule has 0 spiro atoms. The molecule has 0 heterocycles. The number of aromatic hydroxyl groups is 1. The molecule has 0 amide bonds. The number of nitrogens with one attached hydrogen (secondary N) is 1. The quantitative estimate of drug-likeness (QED) is 0.656. The van der Waals surface area contributed by atoms with Crippen LogP contribution in [0.5, 0.6) is 5.75 Å². The van der Waals surface area contributed by atoms with Gasteiger partial charge in [-0.15, -0.1) is 0 Å². The van der Waals surface area contributed by atoms with E-state index in [0.29, 0.717) is 5.69 Å². The third-order valence-electron chi connectivity index (χ3n) is 3.09. The molecule has 0 saturated carbocycles. The molecule has 5 nitrogen and oxygen atoms in total. The fourth-order valence-corrected chi connectivity index (χ4v) is 2.06. The van der Waals surface area contributed by atoms with E-state index in [4.69, 9.17) is 0 Å². The Hall–Kier alpha value is -2.56. The molecule has 0 aliphatic rings. The first-order chi connectivity index (χ1) is 9.47. The summed E-state index contributed by atoms with van der Waals surface area (Å²) in [6.45, 7) is 3.84. The highest BCUT2D eigenvalue weighted by Gasteiger charge is 2.12. The van der Waals surface area contributed by atoms with Gasteiger partial charge < -0.3 is 10.4 Å². The molecule has 0 saturated heterocycles. The SMILES string of the molecule is Cc1ccc(O)c(C(C)Nc2cccc([N+](=O)[O-])c2)c1. The molecule has 104 valence electrons. The third-order valence-corrected chi connectivity index (χ3v) is 3.09. The Bertz CT molecular complexity index is 641. The monoisotopic (exact) mass is 272 g/mol. The van der Waals surface area contributed by atoms with E-state index in [1.54, 1.807) is 18.2 Å². The van der Waals surface area contributed by atoms with Crippen molar-refractivity contribution in [1.82, 2.24) is 0 Å². The van der Waals surface area contributed by atoms with Gasteiger partial charge in [0.1, 0.15) is 5.75 Å². The van der Waals surface area contributed by atoms with Gasteiger partial charge in [-0.25, -0.2) is 0 Å². The summed E-state index contributed by atoms with van der Waals surface area (Å²) in [4.78, 5) is 10.3. The molecule has 2 aromatic carbocycles. The lowest BCUT2D eigenvalue weighted by Gasteiger charge is -2.17. The average Bonchev–Trinajstić information content (AvgIpc) is 2.41. The van der Waals surface area contributed by atoms with Crippen LogP contribution in [0, 0.1) is 17.0 Å². The molecule has 0 bridgehead atoms. The van der Waals surface area contributed by atoms with Gasteiger partial charge in [-0.2, -0.15) is 0 Å². The number of non-ortho nitro benzene ring substituents is 1. The zero-order chi connectivity index (χ0) is 14.7. The summed E-state index contributed by atoms with van der Waals surface area (Å²) in [6.07, 6.45) is 0. The molecule has 2 rings (SSSR count). The lowest BCUT2D eigenvalue weighted by Crippen LogP contribution is -2.07. The highest BCUT2D eigenvalue weighted by Crippen LogP contribution is 2.28. The second-order valence-electron chi connectivity index (χ2n) is 4.74.